The highest BCUT2D eigenvalue weighted by Crippen LogP contribution is 1.94. The molecule has 6 heteroatoms. The van der Waals surface area contributed by atoms with Gasteiger partial charge in [0, 0.05) is 0 Å². The fourth-order valence-electron chi connectivity index (χ4n) is 0.803. The predicted molar refractivity (Wildman–Crippen MR) is 46.7 cm³/mol. The molecule has 14 heavy (non-hydrogen) atoms. The summed E-state index contributed by atoms with van der Waals surface area (Å²) in [7, 11) is 2.37. The van der Waals surface area contributed by atoms with Gasteiger partial charge in [-0.25, -0.2) is 4.79 Å². The zero-order chi connectivity index (χ0) is 11.1. The maximum atomic E-state index is 11.0. The van der Waals surface area contributed by atoms with E-state index in [1.807, 2.05) is 0 Å². The molecule has 0 bridgehead atoms. The van der Waals surface area contributed by atoms with Crippen LogP contribution in [0, 0.1) is 0 Å². The minimum atomic E-state index is -0.731. The lowest BCUT2D eigenvalue weighted by atomic mass is 10.4. The van der Waals surface area contributed by atoms with Crippen LogP contribution in [0.2, 0.25) is 0 Å². The molecule has 0 radical (unpaired) electrons. The molecule has 0 aromatic carbocycles. The number of rotatable bonds is 4. The number of ether oxygens (including phenoxy) is 2. The van der Waals surface area contributed by atoms with Gasteiger partial charge < -0.3 is 9.47 Å². The van der Waals surface area contributed by atoms with Crippen LogP contribution in [0.4, 0.5) is 4.79 Å². The van der Waals surface area contributed by atoms with E-state index in [0.29, 0.717) is 0 Å². The highest BCUT2D eigenvalue weighted by atomic mass is 16.5. The number of nitrogens with zero attached hydrogens (tertiary/aromatic N) is 1. The largest absolute Gasteiger partial charge is 0.468 e. The summed E-state index contributed by atoms with van der Waals surface area (Å²) in [6, 6.07) is 0. The molecule has 6 nitrogen and oxygen atoms in total. The molecular formula is C8H13NO5. The summed E-state index contributed by atoms with van der Waals surface area (Å²) in [5.41, 5.74) is 0. The molecule has 0 heterocycles. The van der Waals surface area contributed by atoms with Gasteiger partial charge in [-0.05, 0) is 6.92 Å². The number of hydrogen-bond donors (Lipinski definition) is 0. The third-order valence-electron chi connectivity index (χ3n) is 1.39. The second-order valence-electron chi connectivity index (χ2n) is 2.60. The van der Waals surface area contributed by atoms with Crippen LogP contribution in [0.15, 0.2) is 0 Å². The smallest absolute Gasteiger partial charge is 0.410 e. The van der Waals surface area contributed by atoms with Crippen molar-refractivity contribution in [3.8, 4) is 0 Å². The Morgan fingerprint density at radius 1 is 1.07 bits per heavy atom. The van der Waals surface area contributed by atoms with Gasteiger partial charge in [0.15, 0.2) is 0 Å². The Morgan fingerprint density at radius 3 is 2.00 bits per heavy atom. The lowest BCUT2D eigenvalue weighted by Gasteiger charge is -2.17. The Balaban J connectivity index is 4.31. The van der Waals surface area contributed by atoms with Crippen LogP contribution < -0.4 is 0 Å². The number of carbonyl (C=O) groups is 3. The van der Waals surface area contributed by atoms with E-state index in [1.54, 1.807) is 0 Å². The Hall–Kier alpha value is -1.59. The Morgan fingerprint density at radius 2 is 1.64 bits per heavy atom. The van der Waals surface area contributed by atoms with E-state index in [2.05, 4.69) is 9.47 Å². The molecule has 0 aliphatic heterocycles. The van der Waals surface area contributed by atoms with Crippen molar-refractivity contribution in [2.75, 3.05) is 27.3 Å². The van der Waals surface area contributed by atoms with E-state index in [4.69, 9.17) is 0 Å². The van der Waals surface area contributed by atoms with Gasteiger partial charge in [-0.15, -0.1) is 0 Å². The number of methoxy groups -OCH3 is 2. The number of amides is 1. The first-order valence-electron chi connectivity index (χ1n) is 3.90. The third kappa shape index (κ3) is 4.44. The lowest BCUT2D eigenvalue weighted by molar-refractivity contribution is -0.141. The van der Waals surface area contributed by atoms with Crippen molar-refractivity contribution in [1.82, 2.24) is 4.90 Å². The topological polar surface area (TPSA) is 72.9 Å². The van der Waals surface area contributed by atoms with Crippen LogP contribution in [0.5, 0.6) is 0 Å². The molecule has 80 valence electrons. The molecule has 0 saturated carbocycles. The summed E-state index contributed by atoms with van der Waals surface area (Å²) in [5.74, 6) is -0.837. The van der Waals surface area contributed by atoms with Crippen molar-refractivity contribution < 1.29 is 23.9 Å². The fraction of sp³-hybridized carbons (Fsp3) is 0.625. The average Bonchev–Trinajstić information content (AvgIpc) is 2.14. The Bertz CT molecular complexity index is 238. The molecule has 0 aromatic rings. The fourth-order valence-corrected chi connectivity index (χ4v) is 0.803. The molecule has 0 unspecified atom stereocenters. The van der Waals surface area contributed by atoms with Crippen LogP contribution in [-0.2, 0) is 19.1 Å². The van der Waals surface area contributed by atoms with Gasteiger partial charge in [-0.1, -0.05) is 0 Å². The van der Waals surface area contributed by atoms with Crippen LogP contribution >= 0.6 is 0 Å². The minimum absolute atomic E-state index is 0.165. The zero-order valence-electron chi connectivity index (χ0n) is 8.40. The summed E-state index contributed by atoms with van der Waals surface area (Å²) in [6.45, 7) is 0.859. The van der Waals surface area contributed by atoms with Gasteiger partial charge in [-0.2, -0.15) is 0 Å². The van der Waals surface area contributed by atoms with Gasteiger partial charge in [0.2, 0.25) is 0 Å². The van der Waals surface area contributed by atoms with Crippen molar-refractivity contribution >= 4 is 17.8 Å². The van der Waals surface area contributed by atoms with E-state index in [-0.39, 0.29) is 18.9 Å². The van der Waals surface area contributed by atoms with Gasteiger partial charge >= 0.3 is 12.1 Å². The maximum absolute atomic E-state index is 11.0. The number of hydrogen-bond acceptors (Lipinski definition) is 5. The molecular weight excluding hydrogens is 190 g/mol. The van der Waals surface area contributed by atoms with Crippen LogP contribution in [0.3, 0.4) is 0 Å². The molecule has 1 amide bonds. The Labute approximate surface area is 81.8 Å². The van der Waals surface area contributed by atoms with Crippen molar-refractivity contribution in [1.29, 1.82) is 0 Å². The van der Waals surface area contributed by atoms with Crippen molar-refractivity contribution in [2.45, 2.75) is 6.92 Å². The Kier molecular flexibility index (Phi) is 5.28. The van der Waals surface area contributed by atoms with Gasteiger partial charge in [-0.3, -0.25) is 14.5 Å². The van der Waals surface area contributed by atoms with E-state index >= 15 is 0 Å². The lowest BCUT2D eigenvalue weighted by Crippen LogP contribution is -2.39. The molecule has 0 aliphatic rings. The third-order valence-corrected chi connectivity index (χ3v) is 1.39. The van der Waals surface area contributed by atoms with E-state index in [0.717, 1.165) is 4.90 Å². The first-order chi connectivity index (χ1) is 6.51. The van der Waals surface area contributed by atoms with Crippen molar-refractivity contribution in [2.24, 2.45) is 0 Å². The predicted octanol–water partition coefficient (Wildman–Crippen LogP) is -0.183. The second kappa shape index (κ2) is 5.95. The summed E-state index contributed by atoms with van der Waals surface area (Å²) >= 11 is 0. The SMILES string of the molecule is COC(=O)CN(CC(C)=O)C(=O)OC. The monoisotopic (exact) mass is 203 g/mol. The second-order valence-corrected chi connectivity index (χ2v) is 2.60. The minimum Gasteiger partial charge on any atom is -0.468 e. The zero-order valence-corrected chi connectivity index (χ0v) is 8.40. The highest BCUT2D eigenvalue weighted by Gasteiger charge is 2.19. The number of esters is 1. The van der Waals surface area contributed by atoms with Crippen LogP contribution in [0.1, 0.15) is 6.92 Å². The van der Waals surface area contributed by atoms with Crippen LogP contribution in [-0.4, -0.2) is 50.1 Å². The first kappa shape index (κ1) is 12.4. The van der Waals surface area contributed by atoms with E-state index in [1.165, 1.54) is 21.1 Å². The summed E-state index contributed by atoms with van der Waals surface area (Å²) in [6.07, 6.45) is -0.731. The molecule has 0 rings (SSSR count). The van der Waals surface area contributed by atoms with Gasteiger partial charge in [0.25, 0.3) is 0 Å². The molecule has 0 saturated heterocycles. The normalized spacial score (nSPS) is 9.07. The van der Waals surface area contributed by atoms with Crippen LogP contribution in [0.25, 0.3) is 0 Å². The summed E-state index contributed by atoms with van der Waals surface area (Å²) < 4.78 is 8.74. The summed E-state index contributed by atoms with van der Waals surface area (Å²) in [5, 5.41) is 0. The quantitative estimate of drug-likeness (QED) is 0.592. The standard InChI is InChI=1S/C8H13NO5/c1-6(10)4-9(8(12)14-3)5-7(11)13-2/h4-5H2,1-3H3. The summed E-state index contributed by atoms with van der Waals surface area (Å²) in [4.78, 5) is 33.6. The number of carbonyl (C=O) groups excluding carboxylic acids is 3. The number of Topliss-reactive ketones (excluding diaryl/α,β-unsaturated/α-hetero) is 1. The molecule has 0 aromatic heterocycles. The molecule has 0 fully saturated rings. The van der Waals surface area contributed by atoms with Gasteiger partial charge in [0.1, 0.15) is 12.3 Å². The average molecular weight is 203 g/mol. The van der Waals surface area contributed by atoms with E-state index < -0.39 is 12.1 Å². The number of ketones is 1. The highest BCUT2D eigenvalue weighted by molar-refractivity contribution is 5.84. The molecule has 0 N–H and O–H groups in total. The molecule has 0 spiro atoms. The maximum Gasteiger partial charge on any atom is 0.410 e. The molecule has 0 atom stereocenters. The molecule has 0 aliphatic carbocycles. The van der Waals surface area contributed by atoms with Crippen molar-refractivity contribution in [3.63, 3.8) is 0 Å². The van der Waals surface area contributed by atoms with Crippen molar-refractivity contribution in [3.05, 3.63) is 0 Å². The van der Waals surface area contributed by atoms with Gasteiger partial charge in [0.05, 0.1) is 20.8 Å². The van der Waals surface area contributed by atoms with E-state index in [9.17, 15) is 14.4 Å². The first-order valence-corrected chi connectivity index (χ1v) is 3.90.